The molecule has 0 spiro atoms. The van der Waals surface area contributed by atoms with E-state index in [1.807, 2.05) is 182 Å². The number of hydrogen-bond donors (Lipinski definition) is 1. The van der Waals surface area contributed by atoms with Crippen molar-refractivity contribution >= 4 is 41.4 Å². The molecule has 0 radical (unpaired) electrons. The molecule has 0 saturated carbocycles. The summed E-state index contributed by atoms with van der Waals surface area (Å²) in [6.07, 6.45) is 0.600. The van der Waals surface area contributed by atoms with Crippen molar-refractivity contribution in [3.8, 4) is 0 Å². The Bertz CT molecular complexity index is 2860. The summed E-state index contributed by atoms with van der Waals surface area (Å²) in [5.41, 5.74) is 10.6. The van der Waals surface area contributed by atoms with Crippen LogP contribution in [0.15, 0.2) is 182 Å². The predicted octanol–water partition coefficient (Wildman–Crippen LogP) is 5.91. The predicted molar refractivity (Wildman–Crippen MR) is 295 cm³/mol. The molecule has 0 unspecified atom stereocenters. The lowest BCUT2D eigenvalue weighted by Gasteiger charge is -2.40. The molecule has 14 nitrogen and oxygen atoms in total. The van der Waals surface area contributed by atoms with E-state index in [0.717, 1.165) is 33.4 Å². The SMILES string of the molecule is CC(=O)N(C)[C@@H](Cc1ccccc1)C(=O)N(C)[C@@H](Cc1ccccc1)C(=O)N(C)[C@@H](Cc1ccccc1)C(=O)N(C)[C@@H](Cc1ccccc1)C(=O)N(C)[C@@H](Cc1ccccc1)C(=O)N(C)[C@@H](Cc1ccccc1)C(N)=O. The van der Waals surface area contributed by atoms with Crippen LogP contribution in [0.4, 0.5) is 0 Å². The number of carbonyl (C=O) groups is 7. The Hall–Kier alpha value is -8.39. The second-order valence-corrected chi connectivity index (χ2v) is 19.5. The first kappa shape index (κ1) is 56.9. The van der Waals surface area contributed by atoms with Crippen LogP contribution in [-0.4, -0.2) is 149 Å². The van der Waals surface area contributed by atoms with Gasteiger partial charge in [-0.25, -0.2) is 0 Å². The largest absolute Gasteiger partial charge is 0.368 e. The van der Waals surface area contributed by atoms with Gasteiger partial charge >= 0.3 is 0 Å². The van der Waals surface area contributed by atoms with E-state index in [-0.39, 0.29) is 44.4 Å². The molecule has 6 atom stereocenters. The number of amides is 7. The molecule has 0 bridgehead atoms. The molecule has 6 aromatic rings. The summed E-state index contributed by atoms with van der Waals surface area (Å²) in [6, 6.07) is 48.8. The minimum absolute atomic E-state index is 0.0440. The smallest absolute Gasteiger partial charge is 0.246 e. The highest BCUT2D eigenvalue weighted by molar-refractivity contribution is 5.97. The lowest BCUT2D eigenvalue weighted by Crippen LogP contribution is -2.61. The average molecular weight is 1030 g/mol. The molecule has 7 amide bonds. The fraction of sp³-hybridized carbons (Fsp3) is 0.306. The van der Waals surface area contributed by atoms with E-state index in [9.17, 15) is 19.2 Å². The quantitative estimate of drug-likeness (QED) is 0.0788. The first-order chi connectivity index (χ1) is 36.5. The van der Waals surface area contributed by atoms with Crippen molar-refractivity contribution in [1.82, 2.24) is 29.4 Å². The Morgan fingerprint density at radius 1 is 0.289 bits per heavy atom. The van der Waals surface area contributed by atoms with Gasteiger partial charge in [-0.1, -0.05) is 182 Å². The average Bonchev–Trinajstić information content (AvgIpc) is 3.45. The molecule has 76 heavy (non-hydrogen) atoms. The normalized spacial score (nSPS) is 13.4. The van der Waals surface area contributed by atoms with Crippen LogP contribution < -0.4 is 5.73 Å². The number of nitrogens with zero attached hydrogens (tertiary/aromatic N) is 6. The Balaban J connectivity index is 1.39. The molecule has 0 saturated heterocycles. The molecule has 2 N–H and O–H groups in total. The Kier molecular flexibility index (Phi) is 20.4. The van der Waals surface area contributed by atoms with Crippen LogP contribution in [0.1, 0.15) is 40.3 Å². The second kappa shape index (κ2) is 27.2. The summed E-state index contributed by atoms with van der Waals surface area (Å²) >= 11 is 0. The molecule has 14 heteroatoms. The number of nitrogens with two attached hydrogens (primary N) is 1. The number of rotatable bonds is 24. The lowest BCUT2D eigenvalue weighted by atomic mass is 9.96. The van der Waals surface area contributed by atoms with Crippen LogP contribution in [0.2, 0.25) is 0 Å². The molecule has 0 aliphatic carbocycles. The van der Waals surface area contributed by atoms with Gasteiger partial charge in [0, 0.05) is 87.7 Å². The van der Waals surface area contributed by atoms with Crippen LogP contribution in [0.3, 0.4) is 0 Å². The van der Waals surface area contributed by atoms with Gasteiger partial charge in [0.05, 0.1) is 0 Å². The van der Waals surface area contributed by atoms with Crippen molar-refractivity contribution in [2.24, 2.45) is 5.73 Å². The van der Waals surface area contributed by atoms with Gasteiger partial charge in [0.1, 0.15) is 36.3 Å². The van der Waals surface area contributed by atoms with Gasteiger partial charge < -0.3 is 35.1 Å². The summed E-state index contributed by atoms with van der Waals surface area (Å²) < 4.78 is 0. The Morgan fingerprint density at radius 3 is 0.618 bits per heavy atom. The van der Waals surface area contributed by atoms with Gasteiger partial charge in [0.25, 0.3) is 0 Å². The van der Waals surface area contributed by atoms with Gasteiger partial charge in [-0.2, -0.15) is 0 Å². The van der Waals surface area contributed by atoms with Crippen LogP contribution in [-0.2, 0) is 72.1 Å². The molecular weight excluding hydrogens is 955 g/mol. The minimum Gasteiger partial charge on any atom is -0.368 e. The zero-order valence-electron chi connectivity index (χ0n) is 44.6. The highest BCUT2D eigenvalue weighted by atomic mass is 16.2. The number of carbonyl (C=O) groups excluding carboxylic acids is 7. The van der Waals surface area contributed by atoms with Crippen LogP contribution >= 0.6 is 0 Å². The van der Waals surface area contributed by atoms with E-state index in [2.05, 4.69) is 0 Å². The summed E-state index contributed by atoms with van der Waals surface area (Å²) in [7, 11) is 9.23. The maximum Gasteiger partial charge on any atom is 0.246 e. The lowest BCUT2D eigenvalue weighted by molar-refractivity contribution is -0.155. The van der Waals surface area contributed by atoms with E-state index in [1.165, 1.54) is 64.5 Å². The first-order valence-electron chi connectivity index (χ1n) is 25.6. The topological polar surface area (TPSA) is 165 Å². The molecule has 0 aliphatic rings. The van der Waals surface area contributed by atoms with Gasteiger partial charge in [0.2, 0.25) is 41.4 Å². The van der Waals surface area contributed by atoms with E-state index in [4.69, 9.17) is 5.73 Å². The fourth-order valence-corrected chi connectivity index (χ4v) is 9.56. The molecule has 0 aromatic heterocycles. The number of primary amides is 1. The van der Waals surface area contributed by atoms with Crippen molar-refractivity contribution in [2.75, 3.05) is 42.3 Å². The molecular formula is C62H71N7O7. The third kappa shape index (κ3) is 14.9. The van der Waals surface area contributed by atoms with Crippen molar-refractivity contribution < 1.29 is 33.6 Å². The Morgan fingerprint density at radius 2 is 0.447 bits per heavy atom. The van der Waals surface area contributed by atoms with Crippen molar-refractivity contribution in [1.29, 1.82) is 0 Å². The maximum absolute atomic E-state index is 15.7. The molecule has 0 fully saturated rings. The molecule has 6 aromatic carbocycles. The van der Waals surface area contributed by atoms with Crippen LogP contribution in [0, 0.1) is 0 Å². The standard InChI is InChI=1S/C62H71N7O7/c1-44(70)64(2)52(39-46-28-16-9-17-29-46)58(72)66(4)54(41-48-32-20-11-21-33-48)60(74)68(6)56(43-50-36-24-13-25-37-50)62(76)69(7)55(42-49-34-22-12-23-35-49)61(75)67(5)53(40-47-30-18-10-19-31-47)59(73)65(3)51(57(63)71)38-45-26-14-8-15-27-45/h8-37,51-56H,38-43H2,1-7H3,(H2,63,71)/t51-,52-,53-,54-,55-,56-/m0/s1. The first-order valence-corrected chi connectivity index (χ1v) is 25.6. The zero-order valence-corrected chi connectivity index (χ0v) is 44.6. The van der Waals surface area contributed by atoms with E-state index in [1.54, 1.807) is 14.1 Å². The summed E-state index contributed by atoms with van der Waals surface area (Å²) in [4.78, 5) is 111. The van der Waals surface area contributed by atoms with Crippen molar-refractivity contribution in [3.63, 3.8) is 0 Å². The summed E-state index contributed by atoms with van der Waals surface area (Å²) in [6.45, 7) is 1.39. The molecule has 396 valence electrons. The van der Waals surface area contributed by atoms with Gasteiger partial charge in [0.15, 0.2) is 0 Å². The van der Waals surface area contributed by atoms with E-state index < -0.39 is 71.7 Å². The number of hydrogen-bond acceptors (Lipinski definition) is 7. The maximum atomic E-state index is 15.7. The van der Waals surface area contributed by atoms with Crippen molar-refractivity contribution in [3.05, 3.63) is 215 Å². The van der Waals surface area contributed by atoms with Crippen LogP contribution in [0.25, 0.3) is 0 Å². The summed E-state index contributed by atoms with van der Waals surface area (Å²) in [5.74, 6) is -3.68. The summed E-state index contributed by atoms with van der Waals surface area (Å²) in [5, 5.41) is 0. The van der Waals surface area contributed by atoms with Crippen LogP contribution in [0.5, 0.6) is 0 Å². The van der Waals surface area contributed by atoms with E-state index >= 15 is 14.4 Å². The second-order valence-electron chi connectivity index (χ2n) is 19.5. The minimum atomic E-state index is -1.21. The monoisotopic (exact) mass is 1030 g/mol. The Labute approximate surface area is 447 Å². The molecule has 6 rings (SSSR count). The fourth-order valence-electron chi connectivity index (χ4n) is 9.56. The highest BCUT2D eigenvalue weighted by Gasteiger charge is 2.43. The van der Waals surface area contributed by atoms with Gasteiger partial charge in [-0.3, -0.25) is 33.6 Å². The van der Waals surface area contributed by atoms with Gasteiger partial charge in [-0.15, -0.1) is 0 Å². The zero-order chi connectivity index (χ0) is 54.9. The molecule has 0 heterocycles. The third-order valence-electron chi connectivity index (χ3n) is 14.4. The molecule has 0 aliphatic heterocycles. The van der Waals surface area contributed by atoms with E-state index in [0.29, 0.717) is 0 Å². The van der Waals surface area contributed by atoms with Crippen molar-refractivity contribution in [2.45, 2.75) is 81.7 Å². The number of likely N-dealkylation sites (N-methyl/N-ethyl adjacent to an activating group) is 6. The highest BCUT2D eigenvalue weighted by Crippen LogP contribution is 2.23. The number of benzene rings is 6. The van der Waals surface area contributed by atoms with Gasteiger partial charge in [-0.05, 0) is 33.4 Å². The third-order valence-corrected chi connectivity index (χ3v) is 14.4.